The van der Waals surface area contributed by atoms with Crippen molar-refractivity contribution in [2.75, 3.05) is 0 Å². The highest BCUT2D eigenvalue weighted by molar-refractivity contribution is 5.39. The molecule has 0 aliphatic heterocycles. The normalized spacial score (nSPS) is 12.5. The summed E-state index contributed by atoms with van der Waals surface area (Å²) < 4.78 is 7.84. The van der Waals surface area contributed by atoms with Gasteiger partial charge in [0.2, 0.25) is 0 Å². The Labute approximate surface area is 117 Å². The predicted molar refractivity (Wildman–Crippen MR) is 78.6 cm³/mol. The van der Waals surface area contributed by atoms with E-state index in [9.17, 15) is 0 Å². The fourth-order valence-corrected chi connectivity index (χ4v) is 2.20. The number of imidazole rings is 1. The fraction of sp³-hybridized carbons (Fsp3) is 0.188. The molecule has 2 aromatic heterocycles. The number of aromatic nitrogens is 2. The van der Waals surface area contributed by atoms with E-state index >= 15 is 0 Å². The molecule has 2 N–H and O–H groups in total. The molecule has 1 atom stereocenters. The van der Waals surface area contributed by atoms with Gasteiger partial charge in [0.25, 0.3) is 0 Å². The minimum atomic E-state index is -0.0488. The summed E-state index contributed by atoms with van der Waals surface area (Å²) in [6.45, 7) is 2.39. The van der Waals surface area contributed by atoms with Gasteiger partial charge in [-0.25, -0.2) is 4.98 Å². The molecule has 3 aromatic rings. The number of ether oxygens (including phenoxy) is 1. The zero-order chi connectivity index (χ0) is 13.9. The van der Waals surface area contributed by atoms with Crippen molar-refractivity contribution in [1.29, 1.82) is 0 Å². The summed E-state index contributed by atoms with van der Waals surface area (Å²) in [5, 5.41) is 0. The Kier molecular flexibility index (Phi) is 3.39. The molecule has 102 valence electrons. The molecule has 0 saturated heterocycles. The van der Waals surface area contributed by atoms with E-state index in [0.717, 1.165) is 22.7 Å². The number of para-hydroxylation sites is 1. The predicted octanol–water partition coefficient (Wildman–Crippen LogP) is 2.93. The average Bonchev–Trinajstić information content (AvgIpc) is 2.88. The van der Waals surface area contributed by atoms with Crippen LogP contribution in [-0.2, 0) is 6.61 Å². The molecule has 0 unspecified atom stereocenters. The Morgan fingerprint density at radius 2 is 2.00 bits per heavy atom. The number of nitrogens with zero attached hydrogens (tertiary/aromatic N) is 2. The minimum absolute atomic E-state index is 0.0488. The van der Waals surface area contributed by atoms with Crippen LogP contribution in [-0.4, -0.2) is 9.38 Å². The van der Waals surface area contributed by atoms with Crippen LogP contribution in [0, 0.1) is 0 Å². The third kappa shape index (κ3) is 2.51. The van der Waals surface area contributed by atoms with E-state index < -0.39 is 0 Å². The maximum absolute atomic E-state index is 5.95. The number of hydrogen-bond donors (Lipinski definition) is 1. The molecule has 4 nitrogen and oxygen atoms in total. The van der Waals surface area contributed by atoms with Crippen LogP contribution in [0.15, 0.2) is 54.9 Å². The van der Waals surface area contributed by atoms with E-state index in [1.807, 2.05) is 66.2 Å². The van der Waals surface area contributed by atoms with Crippen molar-refractivity contribution in [3.8, 4) is 5.75 Å². The van der Waals surface area contributed by atoms with Crippen molar-refractivity contribution in [2.45, 2.75) is 19.6 Å². The molecule has 0 amide bonds. The first-order chi connectivity index (χ1) is 9.74. The second kappa shape index (κ2) is 5.35. The maximum atomic E-state index is 5.95. The third-order valence-corrected chi connectivity index (χ3v) is 3.20. The van der Waals surface area contributed by atoms with E-state index in [1.165, 1.54) is 0 Å². The Balaban J connectivity index is 1.79. The number of fused-ring (bicyclic) bond motifs is 1. The van der Waals surface area contributed by atoms with E-state index in [-0.39, 0.29) is 6.04 Å². The molecule has 0 spiro atoms. The van der Waals surface area contributed by atoms with Crippen LogP contribution in [0.3, 0.4) is 0 Å². The summed E-state index contributed by atoms with van der Waals surface area (Å²) in [5.74, 6) is 0.819. The molecule has 2 heterocycles. The SMILES string of the molecule is C[C@H](N)c1ccccc1OCc1cn2ccccc2n1. The van der Waals surface area contributed by atoms with Crippen molar-refractivity contribution in [1.82, 2.24) is 9.38 Å². The molecule has 20 heavy (non-hydrogen) atoms. The largest absolute Gasteiger partial charge is 0.487 e. The van der Waals surface area contributed by atoms with E-state index in [0.29, 0.717) is 6.61 Å². The van der Waals surface area contributed by atoms with Gasteiger partial charge in [0.1, 0.15) is 18.0 Å². The molecule has 3 rings (SSSR count). The molecule has 0 fully saturated rings. The number of nitrogens with two attached hydrogens (primary N) is 1. The minimum Gasteiger partial charge on any atom is -0.487 e. The van der Waals surface area contributed by atoms with Gasteiger partial charge < -0.3 is 14.9 Å². The Hall–Kier alpha value is -2.33. The standard InChI is InChI=1S/C16H17N3O/c1-12(17)14-6-2-3-7-15(14)20-11-13-10-19-9-5-4-8-16(19)18-13/h2-10,12H,11,17H2,1H3/t12-/m0/s1. The van der Waals surface area contributed by atoms with Crippen molar-refractivity contribution in [2.24, 2.45) is 5.73 Å². The summed E-state index contributed by atoms with van der Waals surface area (Å²) in [6.07, 6.45) is 3.95. The molecular formula is C16H17N3O. The molecule has 0 saturated carbocycles. The maximum Gasteiger partial charge on any atom is 0.137 e. The second-order valence-electron chi connectivity index (χ2n) is 4.81. The summed E-state index contributed by atoms with van der Waals surface area (Å²) in [4.78, 5) is 4.51. The lowest BCUT2D eigenvalue weighted by Crippen LogP contribution is -2.08. The average molecular weight is 267 g/mol. The van der Waals surface area contributed by atoms with Crippen molar-refractivity contribution in [3.63, 3.8) is 0 Å². The highest BCUT2D eigenvalue weighted by atomic mass is 16.5. The van der Waals surface area contributed by atoms with Crippen LogP contribution in [0.4, 0.5) is 0 Å². The highest BCUT2D eigenvalue weighted by Gasteiger charge is 2.08. The van der Waals surface area contributed by atoms with Crippen LogP contribution in [0.1, 0.15) is 24.2 Å². The van der Waals surface area contributed by atoms with Gasteiger partial charge in [0.15, 0.2) is 0 Å². The summed E-state index contributed by atoms with van der Waals surface area (Å²) in [6, 6.07) is 13.7. The molecule has 0 aliphatic rings. The van der Waals surface area contributed by atoms with Crippen molar-refractivity contribution < 1.29 is 4.74 Å². The Morgan fingerprint density at radius 1 is 1.20 bits per heavy atom. The number of rotatable bonds is 4. The van der Waals surface area contributed by atoms with Crippen molar-refractivity contribution >= 4 is 5.65 Å². The van der Waals surface area contributed by atoms with Gasteiger partial charge in [0, 0.05) is 24.0 Å². The van der Waals surface area contributed by atoms with Crippen LogP contribution < -0.4 is 10.5 Å². The first-order valence-corrected chi connectivity index (χ1v) is 6.64. The molecule has 1 aromatic carbocycles. The van der Waals surface area contributed by atoms with Gasteiger partial charge in [-0.05, 0) is 25.1 Å². The van der Waals surface area contributed by atoms with Crippen molar-refractivity contribution in [3.05, 3.63) is 66.1 Å². The van der Waals surface area contributed by atoms with Gasteiger partial charge in [-0.15, -0.1) is 0 Å². The number of benzene rings is 1. The Bertz CT molecular complexity index is 685. The molecule has 0 aliphatic carbocycles. The zero-order valence-electron chi connectivity index (χ0n) is 11.4. The van der Waals surface area contributed by atoms with Gasteiger partial charge >= 0.3 is 0 Å². The summed E-state index contributed by atoms with van der Waals surface area (Å²) >= 11 is 0. The van der Waals surface area contributed by atoms with Crippen LogP contribution in [0.5, 0.6) is 5.75 Å². The second-order valence-corrected chi connectivity index (χ2v) is 4.81. The van der Waals surface area contributed by atoms with E-state index in [4.69, 9.17) is 10.5 Å². The smallest absolute Gasteiger partial charge is 0.137 e. The molecule has 0 radical (unpaired) electrons. The zero-order valence-corrected chi connectivity index (χ0v) is 11.4. The molecule has 4 heteroatoms. The van der Waals surface area contributed by atoms with Gasteiger partial charge in [0.05, 0.1) is 5.69 Å². The fourth-order valence-electron chi connectivity index (χ4n) is 2.20. The van der Waals surface area contributed by atoms with Gasteiger partial charge in [-0.2, -0.15) is 0 Å². The summed E-state index contributed by atoms with van der Waals surface area (Å²) in [7, 11) is 0. The first kappa shape index (κ1) is 12.7. The lowest BCUT2D eigenvalue weighted by Gasteiger charge is -2.12. The van der Waals surface area contributed by atoms with Gasteiger partial charge in [-0.3, -0.25) is 0 Å². The van der Waals surface area contributed by atoms with Crippen LogP contribution >= 0.6 is 0 Å². The van der Waals surface area contributed by atoms with Crippen LogP contribution in [0.25, 0.3) is 5.65 Å². The van der Waals surface area contributed by atoms with Crippen LogP contribution in [0.2, 0.25) is 0 Å². The molecule has 0 bridgehead atoms. The van der Waals surface area contributed by atoms with E-state index in [2.05, 4.69) is 4.98 Å². The topological polar surface area (TPSA) is 52.5 Å². The quantitative estimate of drug-likeness (QED) is 0.790. The number of hydrogen-bond acceptors (Lipinski definition) is 3. The first-order valence-electron chi connectivity index (χ1n) is 6.64. The third-order valence-electron chi connectivity index (χ3n) is 3.20. The van der Waals surface area contributed by atoms with E-state index in [1.54, 1.807) is 0 Å². The van der Waals surface area contributed by atoms with Gasteiger partial charge in [-0.1, -0.05) is 24.3 Å². The number of pyridine rings is 1. The summed E-state index contributed by atoms with van der Waals surface area (Å²) in [5.41, 5.74) is 8.78. The Morgan fingerprint density at radius 3 is 2.80 bits per heavy atom. The monoisotopic (exact) mass is 267 g/mol. The highest BCUT2D eigenvalue weighted by Crippen LogP contribution is 2.24. The molecular weight excluding hydrogens is 250 g/mol. The lowest BCUT2D eigenvalue weighted by molar-refractivity contribution is 0.297. The lowest BCUT2D eigenvalue weighted by atomic mass is 10.1.